The van der Waals surface area contributed by atoms with Crippen molar-refractivity contribution in [3.05, 3.63) is 35.9 Å². The minimum Gasteiger partial charge on any atom is -0.330 e. The highest BCUT2D eigenvalue weighted by Crippen LogP contribution is 2.12. The number of benzene rings is 1. The summed E-state index contributed by atoms with van der Waals surface area (Å²) >= 11 is 0. The molecule has 1 amide bonds. The molecule has 1 atom stereocenters. The van der Waals surface area contributed by atoms with Gasteiger partial charge in [-0.1, -0.05) is 43.2 Å². The minimum absolute atomic E-state index is 0.115. The zero-order valence-corrected chi connectivity index (χ0v) is 10.1. The average molecular weight is 230 g/mol. The van der Waals surface area contributed by atoms with Gasteiger partial charge in [-0.15, -0.1) is 6.42 Å². The van der Waals surface area contributed by atoms with E-state index in [1.165, 1.54) is 0 Å². The second kappa shape index (κ2) is 6.72. The number of hydrogen-bond donors (Lipinski definition) is 1. The first kappa shape index (κ1) is 13.3. The Morgan fingerprint density at radius 3 is 2.65 bits per heavy atom. The molecule has 17 heavy (non-hydrogen) atoms. The molecule has 2 N–H and O–H groups in total. The van der Waals surface area contributed by atoms with Gasteiger partial charge in [0.05, 0.1) is 6.54 Å². The van der Waals surface area contributed by atoms with Crippen LogP contribution < -0.4 is 5.73 Å². The van der Waals surface area contributed by atoms with E-state index in [-0.39, 0.29) is 5.91 Å². The molecule has 0 aliphatic carbocycles. The zero-order valence-electron chi connectivity index (χ0n) is 10.1. The van der Waals surface area contributed by atoms with Crippen LogP contribution in [0.5, 0.6) is 0 Å². The van der Waals surface area contributed by atoms with Crippen molar-refractivity contribution in [2.45, 2.75) is 19.4 Å². The summed E-state index contributed by atoms with van der Waals surface area (Å²) in [6.07, 6.45) is 6.12. The Bertz CT molecular complexity index is 394. The lowest BCUT2D eigenvalue weighted by Crippen LogP contribution is -2.39. The van der Waals surface area contributed by atoms with Crippen molar-refractivity contribution in [3.63, 3.8) is 0 Å². The summed E-state index contributed by atoms with van der Waals surface area (Å²) in [6, 6.07) is 8.70. The predicted molar refractivity (Wildman–Crippen MR) is 69.1 cm³/mol. The predicted octanol–water partition coefficient (Wildman–Crippen LogP) is 1.56. The van der Waals surface area contributed by atoms with Crippen molar-refractivity contribution >= 4 is 5.91 Å². The van der Waals surface area contributed by atoms with E-state index in [9.17, 15) is 4.79 Å². The number of carbonyl (C=O) groups is 1. The topological polar surface area (TPSA) is 46.3 Å². The van der Waals surface area contributed by atoms with E-state index in [0.717, 1.165) is 12.0 Å². The van der Waals surface area contributed by atoms with Crippen molar-refractivity contribution in [3.8, 4) is 12.3 Å². The van der Waals surface area contributed by atoms with Crippen molar-refractivity contribution in [1.29, 1.82) is 0 Å². The Kier molecular flexibility index (Phi) is 5.25. The third-order valence-corrected chi connectivity index (χ3v) is 2.51. The van der Waals surface area contributed by atoms with Gasteiger partial charge in [-0.3, -0.25) is 4.79 Å². The first-order chi connectivity index (χ1) is 8.20. The summed E-state index contributed by atoms with van der Waals surface area (Å²) in [5.74, 6) is 2.37. The Morgan fingerprint density at radius 1 is 1.47 bits per heavy atom. The van der Waals surface area contributed by atoms with Gasteiger partial charge in [-0.25, -0.2) is 0 Å². The molecule has 0 saturated carbocycles. The highest BCUT2D eigenvalue weighted by atomic mass is 16.2. The van der Waals surface area contributed by atoms with Gasteiger partial charge in [0.1, 0.15) is 6.04 Å². The zero-order chi connectivity index (χ0) is 12.7. The van der Waals surface area contributed by atoms with Gasteiger partial charge in [-0.05, 0) is 12.0 Å². The van der Waals surface area contributed by atoms with E-state index in [0.29, 0.717) is 13.1 Å². The summed E-state index contributed by atoms with van der Waals surface area (Å²) in [5.41, 5.74) is 6.76. The summed E-state index contributed by atoms with van der Waals surface area (Å²) in [6.45, 7) is 2.96. The summed E-state index contributed by atoms with van der Waals surface area (Å²) < 4.78 is 0. The Labute approximate surface area is 103 Å². The van der Waals surface area contributed by atoms with Crippen LogP contribution in [0.2, 0.25) is 0 Å². The second-order valence-electron chi connectivity index (χ2n) is 3.85. The lowest BCUT2D eigenvalue weighted by Gasteiger charge is -2.23. The van der Waals surface area contributed by atoms with Gasteiger partial charge in [0, 0.05) is 6.54 Å². The standard InChI is InChI=1S/C14H18N2O/c1-3-10-16(11-4-2)14(17)13(15)12-8-6-5-7-9-12/h1,5-9,13H,4,10-11,15H2,2H3/t13-/m0/s1. The summed E-state index contributed by atoms with van der Waals surface area (Å²) in [5, 5.41) is 0. The Balaban J connectivity index is 2.77. The highest BCUT2D eigenvalue weighted by Gasteiger charge is 2.20. The van der Waals surface area contributed by atoms with E-state index >= 15 is 0 Å². The van der Waals surface area contributed by atoms with Crippen molar-refractivity contribution in [2.75, 3.05) is 13.1 Å². The van der Waals surface area contributed by atoms with E-state index < -0.39 is 6.04 Å². The molecule has 0 aliphatic rings. The van der Waals surface area contributed by atoms with Crippen molar-refractivity contribution in [2.24, 2.45) is 5.73 Å². The lowest BCUT2D eigenvalue weighted by atomic mass is 10.1. The third-order valence-electron chi connectivity index (χ3n) is 2.51. The molecule has 0 aliphatic heterocycles. The number of hydrogen-bond acceptors (Lipinski definition) is 2. The van der Waals surface area contributed by atoms with Crippen LogP contribution in [0.3, 0.4) is 0 Å². The molecule has 1 rings (SSSR count). The maximum atomic E-state index is 12.1. The first-order valence-electron chi connectivity index (χ1n) is 5.73. The molecule has 1 aromatic rings. The Hall–Kier alpha value is -1.79. The maximum absolute atomic E-state index is 12.1. The fourth-order valence-electron chi connectivity index (χ4n) is 1.65. The molecule has 90 valence electrons. The molecule has 0 aromatic heterocycles. The summed E-state index contributed by atoms with van der Waals surface area (Å²) in [4.78, 5) is 13.8. The lowest BCUT2D eigenvalue weighted by molar-refractivity contribution is -0.132. The maximum Gasteiger partial charge on any atom is 0.244 e. The van der Waals surface area contributed by atoms with E-state index in [2.05, 4.69) is 5.92 Å². The number of amides is 1. The molecule has 0 unspecified atom stereocenters. The van der Waals surface area contributed by atoms with Crippen LogP contribution in [0.15, 0.2) is 30.3 Å². The Morgan fingerprint density at radius 2 is 2.12 bits per heavy atom. The van der Waals surface area contributed by atoms with Gasteiger partial charge in [0.2, 0.25) is 5.91 Å². The number of terminal acetylenes is 1. The molecule has 0 fully saturated rings. The second-order valence-corrected chi connectivity index (χ2v) is 3.85. The molecule has 0 heterocycles. The molecular weight excluding hydrogens is 212 g/mol. The van der Waals surface area contributed by atoms with Gasteiger partial charge in [0.15, 0.2) is 0 Å². The summed E-state index contributed by atoms with van der Waals surface area (Å²) in [7, 11) is 0. The molecule has 3 nitrogen and oxygen atoms in total. The van der Waals surface area contributed by atoms with Gasteiger partial charge < -0.3 is 10.6 Å². The number of rotatable bonds is 5. The molecule has 3 heteroatoms. The van der Waals surface area contributed by atoms with Crippen LogP contribution in [-0.2, 0) is 4.79 Å². The van der Waals surface area contributed by atoms with Crippen LogP contribution in [0.25, 0.3) is 0 Å². The van der Waals surface area contributed by atoms with E-state index in [1.807, 2.05) is 37.3 Å². The van der Waals surface area contributed by atoms with E-state index in [1.54, 1.807) is 4.90 Å². The minimum atomic E-state index is -0.629. The SMILES string of the molecule is C#CCN(CCC)C(=O)[C@@H](N)c1ccccc1. The average Bonchev–Trinajstić information content (AvgIpc) is 2.38. The van der Waals surface area contributed by atoms with Crippen LogP contribution in [0.1, 0.15) is 24.9 Å². The monoisotopic (exact) mass is 230 g/mol. The molecule has 0 spiro atoms. The molecule has 1 aromatic carbocycles. The quantitative estimate of drug-likeness (QED) is 0.780. The highest BCUT2D eigenvalue weighted by molar-refractivity contribution is 5.83. The fourth-order valence-corrected chi connectivity index (χ4v) is 1.65. The first-order valence-corrected chi connectivity index (χ1v) is 5.73. The van der Waals surface area contributed by atoms with Crippen LogP contribution >= 0.6 is 0 Å². The number of carbonyl (C=O) groups excluding carboxylic acids is 1. The van der Waals surface area contributed by atoms with Gasteiger partial charge >= 0.3 is 0 Å². The van der Waals surface area contributed by atoms with Crippen molar-refractivity contribution in [1.82, 2.24) is 4.90 Å². The van der Waals surface area contributed by atoms with Crippen LogP contribution in [-0.4, -0.2) is 23.9 Å². The normalized spacial score (nSPS) is 11.6. The number of nitrogens with two attached hydrogens (primary N) is 1. The molecular formula is C14H18N2O. The number of nitrogens with zero attached hydrogens (tertiary/aromatic N) is 1. The molecule has 0 radical (unpaired) electrons. The van der Waals surface area contributed by atoms with Gasteiger partial charge in [0.25, 0.3) is 0 Å². The molecule has 0 saturated heterocycles. The van der Waals surface area contributed by atoms with E-state index in [4.69, 9.17) is 12.2 Å². The van der Waals surface area contributed by atoms with Gasteiger partial charge in [-0.2, -0.15) is 0 Å². The largest absolute Gasteiger partial charge is 0.330 e. The fraction of sp³-hybridized carbons (Fsp3) is 0.357. The van der Waals surface area contributed by atoms with Crippen LogP contribution in [0, 0.1) is 12.3 Å². The van der Waals surface area contributed by atoms with Crippen LogP contribution in [0.4, 0.5) is 0 Å². The molecule has 0 bridgehead atoms. The smallest absolute Gasteiger partial charge is 0.244 e. The third kappa shape index (κ3) is 3.61. The van der Waals surface area contributed by atoms with Crippen molar-refractivity contribution < 1.29 is 4.79 Å².